The van der Waals surface area contributed by atoms with Crippen molar-refractivity contribution in [3.63, 3.8) is 0 Å². The van der Waals surface area contributed by atoms with Gasteiger partial charge >= 0.3 is 0 Å². The van der Waals surface area contributed by atoms with Crippen LogP contribution in [0.3, 0.4) is 0 Å². The Labute approximate surface area is 117 Å². The van der Waals surface area contributed by atoms with Crippen LogP contribution in [0.25, 0.3) is 5.57 Å². The van der Waals surface area contributed by atoms with Crippen molar-refractivity contribution in [3.05, 3.63) is 42.0 Å². The van der Waals surface area contributed by atoms with Crippen molar-refractivity contribution in [3.8, 4) is 0 Å². The second-order valence-electron chi connectivity index (χ2n) is 6.74. The fourth-order valence-corrected chi connectivity index (χ4v) is 5.35. The first-order valence-electron chi connectivity index (χ1n) is 7.64. The van der Waals surface area contributed by atoms with E-state index in [1.165, 1.54) is 17.6 Å². The molecule has 0 N–H and O–H groups in total. The lowest BCUT2D eigenvalue weighted by atomic mass is 9.74. The van der Waals surface area contributed by atoms with Crippen LogP contribution in [-0.4, -0.2) is 24.8 Å². The Hall–Kier alpha value is -1.16. The zero-order valence-corrected chi connectivity index (χ0v) is 11.0. The molecule has 0 aromatic heterocycles. The molecule has 1 aromatic rings. The van der Waals surface area contributed by atoms with Gasteiger partial charge in [-0.2, -0.15) is 0 Å². The van der Waals surface area contributed by atoms with Crippen molar-refractivity contribution in [1.82, 2.24) is 0 Å². The largest absolute Gasteiger partial charge is 0.345 e. The Morgan fingerprint density at radius 1 is 0.850 bits per heavy atom. The van der Waals surface area contributed by atoms with Gasteiger partial charge in [-0.3, -0.25) is 0 Å². The van der Waals surface area contributed by atoms with Crippen LogP contribution >= 0.6 is 0 Å². The molecular formula is C17H16O3. The monoisotopic (exact) mass is 268 g/mol. The number of ether oxygens (including phenoxy) is 3. The molecule has 4 fully saturated rings. The molecule has 20 heavy (non-hydrogen) atoms. The van der Waals surface area contributed by atoms with Crippen LogP contribution < -0.4 is 0 Å². The van der Waals surface area contributed by atoms with Gasteiger partial charge in [0.2, 0.25) is 0 Å². The van der Waals surface area contributed by atoms with Gasteiger partial charge in [-0.1, -0.05) is 30.3 Å². The lowest BCUT2D eigenvalue weighted by Crippen LogP contribution is -2.36. The Kier molecular flexibility index (Phi) is 1.77. The average Bonchev–Trinajstić information content (AvgIpc) is 3.13. The maximum absolute atomic E-state index is 6.28. The van der Waals surface area contributed by atoms with Gasteiger partial charge in [-0.15, -0.1) is 0 Å². The maximum atomic E-state index is 6.28. The summed E-state index contributed by atoms with van der Waals surface area (Å²) in [6, 6.07) is 10.6. The molecule has 3 heteroatoms. The summed E-state index contributed by atoms with van der Waals surface area (Å²) in [6.45, 7) is 0. The highest BCUT2D eigenvalue weighted by Crippen LogP contribution is 2.64. The Morgan fingerprint density at radius 3 is 2.55 bits per heavy atom. The normalized spacial score (nSPS) is 53.5. The van der Waals surface area contributed by atoms with Gasteiger partial charge < -0.3 is 14.2 Å². The van der Waals surface area contributed by atoms with Gasteiger partial charge in [0.05, 0.1) is 12.2 Å². The second-order valence-corrected chi connectivity index (χ2v) is 6.74. The van der Waals surface area contributed by atoms with E-state index in [9.17, 15) is 0 Å². The highest BCUT2D eigenvalue weighted by Gasteiger charge is 2.68. The first-order chi connectivity index (χ1) is 9.90. The van der Waals surface area contributed by atoms with Gasteiger partial charge in [0.25, 0.3) is 0 Å². The fraction of sp³-hybridized carbons (Fsp3) is 0.529. The molecule has 5 aliphatic rings. The summed E-state index contributed by atoms with van der Waals surface area (Å²) in [5.74, 6) is 2.41. The maximum Gasteiger partial charge on any atom is 0.164 e. The fourth-order valence-electron chi connectivity index (χ4n) is 5.35. The van der Waals surface area contributed by atoms with E-state index >= 15 is 0 Å². The van der Waals surface area contributed by atoms with Crippen LogP contribution in [0.4, 0.5) is 0 Å². The second kappa shape index (κ2) is 3.35. The summed E-state index contributed by atoms with van der Waals surface area (Å²) in [7, 11) is 0. The van der Waals surface area contributed by atoms with Crippen molar-refractivity contribution in [2.45, 2.75) is 31.2 Å². The molecule has 6 rings (SSSR count). The topological polar surface area (TPSA) is 27.7 Å². The third-order valence-corrected chi connectivity index (χ3v) is 6.00. The van der Waals surface area contributed by atoms with E-state index in [4.69, 9.17) is 14.2 Å². The Bertz CT molecular complexity index is 610. The minimum absolute atomic E-state index is 0.0245. The zero-order chi connectivity index (χ0) is 12.8. The average molecular weight is 268 g/mol. The smallest absolute Gasteiger partial charge is 0.164 e. The summed E-state index contributed by atoms with van der Waals surface area (Å²) < 4.78 is 18.5. The van der Waals surface area contributed by atoms with E-state index in [0.29, 0.717) is 23.7 Å². The quantitative estimate of drug-likeness (QED) is 0.783. The molecule has 2 aliphatic carbocycles. The van der Waals surface area contributed by atoms with Gasteiger partial charge in [0.15, 0.2) is 12.6 Å². The summed E-state index contributed by atoms with van der Waals surface area (Å²) in [5.41, 5.74) is 2.59. The molecule has 0 unspecified atom stereocenters. The number of hydrogen-bond donors (Lipinski definition) is 0. The summed E-state index contributed by atoms with van der Waals surface area (Å²) in [5, 5.41) is 0. The minimum atomic E-state index is -0.0394. The minimum Gasteiger partial charge on any atom is -0.345 e. The van der Waals surface area contributed by atoms with Crippen molar-refractivity contribution in [2.24, 2.45) is 23.7 Å². The molecule has 0 radical (unpaired) electrons. The Morgan fingerprint density at radius 2 is 1.65 bits per heavy atom. The van der Waals surface area contributed by atoms with Crippen LogP contribution in [0.5, 0.6) is 0 Å². The van der Waals surface area contributed by atoms with Crippen LogP contribution in [0.15, 0.2) is 36.4 Å². The third kappa shape index (κ3) is 1.07. The summed E-state index contributed by atoms with van der Waals surface area (Å²) in [4.78, 5) is 0. The molecule has 3 aliphatic heterocycles. The molecule has 0 amide bonds. The summed E-state index contributed by atoms with van der Waals surface area (Å²) in [6.07, 6.45) is 3.92. The van der Waals surface area contributed by atoms with Crippen molar-refractivity contribution < 1.29 is 14.2 Å². The molecule has 3 saturated heterocycles. The molecule has 1 aromatic carbocycles. The SMILES string of the molecule is C1=C(c2ccccc2)[C@H]2O[C@H]3O[C@H]4O[C@@H]1[C@@H]1[C@H]4C[C@H]3[C@@H]12. The molecular weight excluding hydrogens is 252 g/mol. The van der Waals surface area contributed by atoms with E-state index in [1.807, 2.05) is 0 Å². The molecule has 2 bridgehead atoms. The molecule has 3 heterocycles. The lowest BCUT2D eigenvalue weighted by Gasteiger charge is -2.33. The predicted octanol–water partition coefficient (Wildman–Crippen LogP) is 2.43. The first kappa shape index (κ1) is 10.6. The van der Waals surface area contributed by atoms with Crippen LogP contribution in [0.2, 0.25) is 0 Å². The van der Waals surface area contributed by atoms with Gasteiger partial charge in [-0.05, 0) is 23.6 Å². The molecule has 102 valence electrons. The van der Waals surface area contributed by atoms with E-state index in [-0.39, 0.29) is 24.8 Å². The van der Waals surface area contributed by atoms with Crippen LogP contribution in [-0.2, 0) is 14.2 Å². The molecule has 3 nitrogen and oxygen atoms in total. The predicted molar refractivity (Wildman–Crippen MR) is 71.4 cm³/mol. The van der Waals surface area contributed by atoms with Crippen molar-refractivity contribution in [2.75, 3.05) is 0 Å². The molecule has 0 spiro atoms. The lowest BCUT2D eigenvalue weighted by molar-refractivity contribution is -0.266. The third-order valence-electron chi connectivity index (χ3n) is 6.00. The first-order valence-corrected chi connectivity index (χ1v) is 7.64. The van der Waals surface area contributed by atoms with Gasteiger partial charge in [0, 0.05) is 23.7 Å². The number of rotatable bonds is 1. The van der Waals surface area contributed by atoms with Crippen molar-refractivity contribution >= 4 is 5.57 Å². The van der Waals surface area contributed by atoms with Gasteiger partial charge in [-0.25, -0.2) is 0 Å². The van der Waals surface area contributed by atoms with E-state index in [2.05, 4.69) is 36.4 Å². The van der Waals surface area contributed by atoms with Crippen LogP contribution in [0, 0.1) is 23.7 Å². The van der Waals surface area contributed by atoms with Gasteiger partial charge in [0.1, 0.15) is 0 Å². The van der Waals surface area contributed by atoms with E-state index < -0.39 is 0 Å². The standard InChI is InChI=1S/C17H16O3/c1-2-4-8(5-3-1)9-7-12-13-10-6-11-14(13)15(9)19-17(11)20-16(10)18-12/h1-5,7,10-17H,6H2/t10-,11+,12+,13+,14+,15-,16-,17+/m1/s1. The highest BCUT2D eigenvalue weighted by molar-refractivity contribution is 5.71. The van der Waals surface area contributed by atoms with E-state index in [1.54, 1.807) is 0 Å². The van der Waals surface area contributed by atoms with Crippen LogP contribution in [0.1, 0.15) is 12.0 Å². The number of hydrogen-bond acceptors (Lipinski definition) is 3. The molecule has 8 atom stereocenters. The summed E-state index contributed by atoms with van der Waals surface area (Å²) >= 11 is 0. The highest BCUT2D eigenvalue weighted by atomic mass is 16.8. The number of benzene rings is 1. The Balaban J connectivity index is 1.55. The molecule has 1 saturated carbocycles. The van der Waals surface area contributed by atoms with Crippen molar-refractivity contribution in [1.29, 1.82) is 0 Å². The zero-order valence-electron chi connectivity index (χ0n) is 11.0. The van der Waals surface area contributed by atoms with E-state index in [0.717, 1.165) is 0 Å².